The van der Waals surface area contributed by atoms with Gasteiger partial charge in [0, 0.05) is 11.5 Å². The molecule has 9 heteroatoms. The zero-order valence-corrected chi connectivity index (χ0v) is 15.4. The second-order valence-corrected chi connectivity index (χ2v) is 7.74. The van der Waals surface area contributed by atoms with E-state index in [1.807, 2.05) is 12.1 Å². The van der Waals surface area contributed by atoms with Gasteiger partial charge in [-0.25, -0.2) is 0 Å². The lowest BCUT2D eigenvalue weighted by atomic mass is 10.1. The van der Waals surface area contributed by atoms with Crippen molar-refractivity contribution in [2.24, 2.45) is 0 Å². The van der Waals surface area contributed by atoms with E-state index in [2.05, 4.69) is 15.4 Å². The van der Waals surface area contributed by atoms with Crippen LogP contribution in [0.2, 0.25) is 4.34 Å². The van der Waals surface area contributed by atoms with Crippen molar-refractivity contribution in [3.05, 3.63) is 51.3 Å². The Bertz CT molecular complexity index is 884. The van der Waals surface area contributed by atoms with Crippen LogP contribution in [0.1, 0.15) is 46.4 Å². The summed E-state index contributed by atoms with van der Waals surface area (Å²) in [6.45, 7) is 1.19. The minimum atomic E-state index is -0.306. The summed E-state index contributed by atoms with van der Waals surface area (Å²) in [5.41, 5.74) is 0.410. The molecule has 136 valence electrons. The number of hydrogen-bond acceptors (Lipinski definition) is 7. The maximum Gasteiger partial charge on any atom is 0.284 e. The smallest absolute Gasteiger partial charge is 0.284 e. The first-order valence-corrected chi connectivity index (χ1v) is 9.54. The van der Waals surface area contributed by atoms with E-state index in [9.17, 15) is 4.79 Å². The fourth-order valence-electron chi connectivity index (χ4n) is 2.79. The molecule has 0 radical (unpaired) electrons. The Morgan fingerprint density at radius 2 is 2.31 bits per heavy atom. The Hall–Kier alpha value is -2.16. The second-order valence-electron chi connectivity index (χ2n) is 5.94. The molecular weight excluding hydrogens is 376 g/mol. The van der Waals surface area contributed by atoms with Crippen LogP contribution in [0.3, 0.4) is 0 Å². The zero-order chi connectivity index (χ0) is 17.9. The number of rotatable bonds is 5. The standard InChI is InChI=1S/C17H17ClN4O3S/c18-14-5-4-12(26-14)9-19-17-20-15(13-3-1-2-7-25-13)21-22(17)16(23)11-6-8-24-10-11/h4-6,8,10,13H,1-3,7,9H2,(H,19,20,21). The van der Waals surface area contributed by atoms with Gasteiger partial charge in [-0.05, 0) is 37.5 Å². The fraction of sp³-hybridized carbons (Fsp3) is 0.353. The summed E-state index contributed by atoms with van der Waals surface area (Å²) in [6.07, 6.45) is 5.61. The third-order valence-electron chi connectivity index (χ3n) is 4.10. The van der Waals surface area contributed by atoms with E-state index >= 15 is 0 Å². The molecule has 1 saturated heterocycles. The molecule has 1 aliphatic rings. The van der Waals surface area contributed by atoms with Gasteiger partial charge in [0.25, 0.3) is 5.91 Å². The Labute approximate surface area is 158 Å². The van der Waals surface area contributed by atoms with Crippen LogP contribution in [0, 0.1) is 0 Å². The number of carbonyl (C=O) groups is 1. The molecule has 1 unspecified atom stereocenters. The number of thiophene rings is 1. The number of anilines is 1. The predicted octanol–water partition coefficient (Wildman–Crippen LogP) is 4.13. The highest BCUT2D eigenvalue weighted by molar-refractivity contribution is 7.16. The van der Waals surface area contributed by atoms with E-state index in [1.54, 1.807) is 6.07 Å². The molecular formula is C17H17ClN4O3S. The Morgan fingerprint density at radius 1 is 1.38 bits per heavy atom. The molecule has 7 nitrogen and oxygen atoms in total. The third-order valence-corrected chi connectivity index (χ3v) is 5.33. The maximum absolute atomic E-state index is 12.7. The SMILES string of the molecule is O=C(c1ccoc1)n1nc(C2CCCCO2)nc1NCc1ccc(Cl)s1. The molecule has 1 atom stereocenters. The molecule has 0 aliphatic carbocycles. The molecule has 3 aromatic heterocycles. The van der Waals surface area contributed by atoms with Crippen molar-refractivity contribution in [3.8, 4) is 0 Å². The molecule has 0 aromatic carbocycles. The predicted molar refractivity (Wildman–Crippen MR) is 97.7 cm³/mol. The van der Waals surface area contributed by atoms with Gasteiger partial charge in [-0.3, -0.25) is 4.79 Å². The molecule has 3 aromatic rings. The van der Waals surface area contributed by atoms with Crippen molar-refractivity contribution in [1.82, 2.24) is 14.8 Å². The van der Waals surface area contributed by atoms with Crippen molar-refractivity contribution in [2.45, 2.75) is 31.9 Å². The summed E-state index contributed by atoms with van der Waals surface area (Å²) in [4.78, 5) is 18.3. The van der Waals surface area contributed by atoms with Crippen molar-refractivity contribution in [1.29, 1.82) is 0 Å². The van der Waals surface area contributed by atoms with Crippen LogP contribution in [0.4, 0.5) is 5.95 Å². The van der Waals surface area contributed by atoms with E-state index in [0.29, 0.717) is 34.8 Å². The number of hydrogen-bond donors (Lipinski definition) is 1. The molecule has 4 rings (SSSR count). The minimum Gasteiger partial charge on any atom is -0.472 e. The maximum atomic E-state index is 12.7. The molecule has 1 fully saturated rings. The third kappa shape index (κ3) is 3.67. The lowest BCUT2D eigenvalue weighted by molar-refractivity contribution is 0.00946. The lowest BCUT2D eigenvalue weighted by Crippen LogP contribution is -2.17. The lowest BCUT2D eigenvalue weighted by Gasteiger charge is -2.19. The van der Waals surface area contributed by atoms with Crippen LogP contribution in [0.25, 0.3) is 0 Å². The van der Waals surface area contributed by atoms with Crippen LogP contribution in [0.15, 0.2) is 35.1 Å². The van der Waals surface area contributed by atoms with Crippen molar-refractivity contribution >= 4 is 34.8 Å². The highest BCUT2D eigenvalue weighted by Crippen LogP contribution is 2.27. The van der Waals surface area contributed by atoms with Gasteiger partial charge >= 0.3 is 0 Å². The topological polar surface area (TPSA) is 82.2 Å². The summed E-state index contributed by atoms with van der Waals surface area (Å²) >= 11 is 7.45. The van der Waals surface area contributed by atoms with Gasteiger partial charge in [0.2, 0.25) is 5.95 Å². The first-order chi connectivity index (χ1) is 12.7. The van der Waals surface area contributed by atoms with Crippen molar-refractivity contribution < 1.29 is 13.9 Å². The van der Waals surface area contributed by atoms with E-state index in [0.717, 1.165) is 24.1 Å². The van der Waals surface area contributed by atoms with Crippen LogP contribution in [-0.2, 0) is 11.3 Å². The summed E-state index contributed by atoms with van der Waals surface area (Å²) in [5, 5.41) is 7.59. The van der Waals surface area contributed by atoms with E-state index < -0.39 is 0 Å². The highest BCUT2D eigenvalue weighted by Gasteiger charge is 2.25. The average molecular weight is 393 g/mol. The molecule has 1 aliphatic heterocycles. The normalized spacial score (nSPS) is 17.3. The van der Waals surface area contributed by atoms with Gasteiger partial charge in [-0.2, -0.15) is 9.67 Å². The Kier molecular flexibility index (Phi) is 5.05. The van der Waals surface area contributed by atoms with E-state index in [4.69, 9.17) is 20.8 Å². The molecule has 0 bridgehead atoms. The molecule has 1 N–H and O–H groups in total. The van der Waals surface area contributed by atoms with Crippen molar-refractivity contribution in [2.75, 3.05) is 11.9 Å². The van der Waals surface area contributed by atoms with E-state index in [1.165, 1.54) is 28.5 Å². The monoisotopic (exact) mass is 392 g/mol. The summed E-state index contributed by atoms with van der Waals surface area (Å²) < 4.78 is 12.8. The van der Waals surface area contributed by atoms with Crippen LogP contribution < -0.4 is 5.32 Å². The largest absolute Gasteiger partial charge is 0.472 e. The molecule has 0 saturated carbocycles. The number of nitrogens with one attached hydrogen (secondary N) is 1. The van der Waals surface area contributed by atoms with Crippen molar-refractivity contribution in [3.63, 3.8) is 0 Å². The van der Waals surface area contributed by atoms with Gasteiger partial charge < -0.3 is 14.5 Å². The first kappa shape index (κ1) is 17.3. The number of furan rings is 1. The number of halogens is 1. The summed E-state index contributed by atoms with van der Waals surface area (Å²) in [7, 11) is 0. The molecule has 26 heavy (non-hydrogen) atoms. The average Bonchev–Trinajstić information content (AvgIpc) is 3.41. The quantitative estimate of drug-likeness (QED) is 0.703. The highest BCUT2D eigenvalue weighted by atomic mass is 35.5. The minimum absolute atomic E-state index is 0.182. The number of carbonyl (C=O) groups excluding carboxylic acids is 1. The second kappa shape index (κ2) is 7.61. The van der Waals surface area contributed by atoms with Gasteiger partial charge in [-0.1, -0.05) is 11.6 Å². The van der Waals surface area contributed by atoms with Crippen LogP contribution in [-0.4, -0.2) is 27.3 Å². The summed E-state index contributed by atoms with van der Waals surface area (Å²) in [6, 6.07) is 5.37. The Morgan fingerprint density at radius 3 is 3.00 bits per heavy atom. The number of aromatic nitrogens is 3. The van der Waals surface area contributed by atoms with Crippen LogP contribution in [0.5, 0.6) is 0 Å². The summed E-state index contributed by atoms with van der Waals surface area (Å²) in [5.74, 6) is 0.596. The fourth-order valence-corrected chi connectivity index (χ4v) is 3.81. The number of nitrogens with zero attached hydrogens (tertiary/aromatic N) is 3. The Balaban J connectivity index is 1.60. The molecule has 0 spiro atoms. The van der Waals surface area contributed by atoms with Gasteiger partial charge in [0.15, 0.2) is 5.82 Å². The molecule has 4 heterocycles. The molecule has 0 amide bonds. The van der Waals surface area contributed by atoms with Crippen LogP contribution >= 0.6 is 22.9 Å². The van der Waals surface area contributed by atoms with Gasteiger partial charge in [0.1, 0.15) is 12.4 Å². The van der Waals surface area contributed by atoms with Gasteiger partial charge in [-0.15, -0.1) is 16.4 Å². The van der Waals surface area contributed by atoms with Gasteiger partial charge in [0.05, 0.1) is 22.7 Å². The first-order valence-electron chi connectivity index (χ1n) is 8.34. The van der Waals surface area contributed by atoms with E-state index in [-0.39, 0.29) is 12.0 Å². The zero-order valence-electron chi connectivity index (χ0n) is 13.9. The number of ether oxygens (including phenoxy) is 1.